The van der Waals surface area contributed by atoms with Gasteiger partial charge in [0.2, 0.25) is 11.6 Å². The molecule has 0 spiro atoms. The Morgan fingerprint density at radius 2 is 1.90 bits per heavy atom. The van der Waals surface area contributed by atoms with Gasteiger partial charge in [0.15, 0.2) is 0 Å². The highest BCUT2D eigenvalue weighted by molar-refractivity contribution is 6.52. The molecule has 0 fully saturated rings. The van der Waals surface area contributed by atoms with Crippen molar-refractivity contribution in [2.24, 2.45) is 0 Å². The molecular formula is C16H15NO4. The minimum atomic E-state index is -1.03. The third-order valence-corrected chi connectivity index (χ3v) is 3.92. The molecule has 0 bridgehead atoms. The number of nitrogens with zero attached hydrogens (tertiary/aromatic N) is 1. The molecule has 108 valence electrons. The van der Waals surface area contributed by atoms with Gasteiger partial charge in [-0.1, -0.05) is 18.2 Å². The van der Waals surface area contributed by atoms with Crippen LogP contribution in [0.1, 0.15) is 36.8 Å². The van der Waals surface area contributed by atoms with Crippen molar-refractivity contribution in [3.05, 3.63) is 35.5 Å². The lowest BCUT2D eigenvalue weighted by atomic mass is 9.89. The molecule has 0 unspecified atom stereocenters. The zero-order chi connectivity index (χ0) is 15.4. The van der Waals surface area contributed by atoms with E-state index >= 15 is 0 Å². The molecule has 5 heteroatoms. The largest absolute Gasteiger partial charge is 0.449 e. The molecule has 0 aliphatic heterocycles. The number of para-hydroxylation sites is 1. The maximum absolute atomic E-state index is 12.3. The minimum absolute atomic E-state index is 0.225. The van der Waals surface area contributed by atoms with Gasteiger partial charge in [0.1, 0.15) is 0 Å². The number of hydrogen-bond donors (Lipinski definition) is 0. The fraction of sp³-hybridized carbons (Fsp3) is 0.312. The molecule has 0 N–H and O–H groups in total. The van der Waals surface area contributed by atoms with Gasteiger partial charge >= 0.3 is 6.09 Å². The molecule has 1 heterocycles. The molecule has 1 aromatic carbocycles. The summed E-state index contributed by atoms with van der Waals surface area (Å²) in [5, 5.41) is 0.615. The van der Waals surface area contributed by atoms with Crippen LogP contribution in [-0.4, -0.2) is 28.8 Å². The maximum Gasteiger partial charge on any atom is 0.418 e. The summed E-state index contributed by atoms with van der Waals surface area (Å²) in [6.07, 6.45) is -0.564. The van der Waals surface area contributed by atoms with Crippen molar-refractivity contribution in [1.82, 2.24) is 4.57 Å². The van der Waals surface area contributed by atoms with E-state index in [0.717, 1.165) is 0 Å². The molecule has 0 saturated carbocycles. The molecule has 5 nitrogen and oxygen atoms in total. The van der Waals surface area contributed by atoms with Crippen molar-refractivity contribution in [1.29, 1.82) is 0 Å². The Morgan fingerprint density at radius 1 is 1.24 bits per heavy atom. The first-order valence-electron chi connectivity index (χ1n) is 6.81. The standard InChI is InChI=1S/C16H15NO4/c1-4-21-15(20)17-10-8-6-5-7-9(10)11-12(18)14(19)16(2,3)13(11)17/h5-8H,4H2,1-3H3. The summed E-state index contributed by atoms with van der Waals surface area (Å²) in [6, 6.07) is 7.06. The summed E-state index contributed by atoms with van der Waals surface area (Å²) < 4.78 is 6.44. The van der Waals surface area contributed by atoms with Gasteiger partial charge in [0, 0.05) is 5.39 Å². The first kappa shape index (κ1) is 13.5. The molecular weight excluding hydrogens is 270 g/mol. The number of Topliss-reactive ketones (excluding diaryl/α,β-unsaturated/α-hetero) is 2. The number of fused-ring (bicyclic) bond motifs is 3. The van der Waals surface area contributed by atoms with Gasteiger partial charge < -0.3 is 4.74 Å². The Hall–Kier alpha value is -2.43. The van der Waals surface area contributed by atoms with E-state index in [4.69, 9.17) is 4.74 Å². The highest BCUT2D eigenvalue weighted by Gasteiger charge is 2.50. The van der Waals surface area contributed by atoms with Crippen molar-refractivity contribution in [2.45, 2.75) is 26.2 Å². The Bertz CT molecular complexity index is 798. The molecule has 21 heavy (non-hydrogen) atoms. The number of hydrogen-bond acceptors (Lipinski definition) is 4. The molecule has 1 aliphatic carbocycles. The highest BCUT2D eigenvalue weighted by atomic mass is 16.5. The minimum Gasteiger partial charge on any atom is -0.449 e. The smallest absolute Gasteiger partial charge is 0.418 e. The van der Waals surface area contributed by atoms with Gasteiger partial charge in [-0.25, -0.2) is 9.36 Å². The Kier molecular flexibility index (Phi) is 2.76. The first-order chi connectivity index (χ1) is 9.91. The lowest BCUT2D eigenvalue weighted by Crippen LogP contribution is -2.31. The molecule has 1 aliphatic rings. The molecule has 0 saturated heterocycles. The van der Waals surface area contributed by atoms with E-state index in [1.165, 1.54) is 4.57 Å². The van der Waals surface area contributed by atoms with Crippen LogP contribution in [0.3, 0.4) is 0 Å². The zero-order valence-electron chi connectivity index (χ0n) is 12.1. The number of ether oxygens (including phenoxy) is 1. The van der Waals surface area contributed by atoms with Crippen molar-refractivity contribution >= 4 is 28.6 Å². The van der Waals surface area contributed by atoms with Crippen LogP contribution in [0.4, 0.5) is 4.79 Å². The number of ketones is 2. The van der Waals surface area contributed by atoms with Crippen LogP contribution in [0.2, 0.25) is 0 Å². The second-order valence-electron chi connectivity index (χ2n) is 5.56. The zero-order valence-corrected chi connectivity index (χ0v) is 12.1. The topological polar surface area (TPSA) is 65.4 Å². The second kappa shape index (κ2) is 4.28. The predicted molar refractivity (Wildman–Crippen MR) is 76.7 cm³/mol. The van der Waals surface area contributed by atoms with E-state index in [-0.39, 0.29) is 6.61 Å². The van der Waals surface area contributed by atoms with E-state index in [1.54, 1.807) is 45.0 Å². The average Bonchev–Trinajstić information content (AvgIpc) is 2.88. The van der Waals surface area contributed by atoms with Gasteiger partial charge in [-0.15, -0.1) is 0 Å². The van der Waals surface area contributed by atoms with Gasteiger partial charge in [0.25, 0.3) is 0 Å². The normalized spacial score (nSPS) is 16.3. The molecule has 2 aromatic rings. The summed E-state index contributed by atoms with van der Waals surface area (Å²) >= 11 is 0. The van der Waals surface area contributed by atoms with E-state index in [9.17, 15) is 14.4 Å². The third-order valence-electron chi connectivity index (χ3n) is 3.92. The molecule has 0 atom stereocenters. The van der Waals surface area contributed by atoms with Gasteiger partial charge in [-0.3, -0.25) is 9.59 Å². The number of aromatic nitrogens is 1. The van der Waals surface area contributed by atoms with Crippen LogP contribution >= 0.6 is 0 Å². The maximum atomic E-state index is 12.3. The van der Waals surface area contributed by atoms with Crippen LogP contribution in [0.25, 0.3) is 10.9 Å². The van der Waals surface area contributed by atoms with Crippen molar-refractivity contribution in [2.75, 3.05) is 6.61 Å². The van der Waals surface area contributed by atoms with Gasteiger partial charge in [0.05, 0.1) is 28.8 Å². The fourth-order valence-electron chi connectivity index (χ4n) is 2.94. The van der Waals surface area contributed by atoms with Crippen molar-refractivity contribution in [3.8, 4) is 0 Å². The fourth-order valence-corrected chi connectivity index (χ4v) is 2.94. The summed E-state index contributed by atoms with van der Waals surface area (Å²) in [4.78, 5) is 36.8. The van der Waals surface area contributed by atoms with Crippen LogP contribution < -0.4 is 0 Å². The van der Waals surface area contributed by atoms with E-state index in [1.807, 2.05) is 0 Å². The SMILES string of the molecule is CCOC(=O)n1c2c(c3ccccc31)C(=O)C(=O)C2(C)C. The second-order valence-corrected chi connectivity index (χ2v) is 5.56. The Balaban J connectivity index is 2.44. The summed E-state index contributed by atoms with van der Waals surface area (Å²) in [6.45, 7) is 5.26. The van der Waals surface area contributed by atoms with Gasteiger partial charge in [-0.2, -0.15) is 0 Å². The van der Waals surface area contributed by atoms with Crippen LogP contribution in [0.15, 0.2) is 24.3 Å². The highest BCUT2D eigenvalue weighted by Crippen LogP contribution is 2.41. The van der Waals surface area contributed by atoms with Crippen LogP contribution in [0, 0.1) is 0 Å². The van der Waals surface area contributed by atoms with Crippen LogP contribution in [0.5, 0.6) is 0 Å². The van der Waals surface area contributed by atoms with E-state index in [0.29, 0.717) is 22.2 Å². The van der Waals surface area contributed by atoms with E-state index < -0.39 is 23.1 Å². The number of carbonyl (C=O) groups is 3. The lowest BCUT2D eigenvalue weighted by molar-refractivity contribution is -0.118. The number of benzene rings is 1. The molecule has 0 radical (unpaired) electrons. The van der Waals surface area contributed by atoms with Crippen LogP contribution in [-0.2, 0) is 14.9 Å². The molecule has 0 amide bonds. The average molecular weight is 285 g/mol. The summed E-state index contributed by atoms with van der Waals surface area (Å²) in [5.74, 6) is -1.02. The van der Waals surface area contributed by atoms with Crippen molar-refractivity contribution in [3.63, 3.8) is 0 Å². The molecule has 1 aromatic heterocycles. The Morgan fingerprint density at radius 3 is 2.57 bits per heavy atom. The Labute approximate surface area is 121 Å². The van der Waals surface area contributed by atoms with Gasteiger partial charge in [-0.05, 0) is 26.8 Å². The first-order valence-corrected chi connectivity index (χ1v) is 6.81. The number of carbonyl (C=O) groups excluding carboxylic acids is 3. The third kappa shape index (κ3) is 1.60. The van der Waals surface area contributed by atoms with E-state index in [2.05, 4.69) is 0 Å². The quantitative estimate of drug-likeness (QED) is 0.756. The summed E-state index contributed by atoms with van der Waals surface area (Å²) in [7, 11) is 0. The van der Waals surface area contributed by atoms with Crippen molar-refractivity contribution < 1.29 is 19.1 Å². The molecule has 3 rings (SSSR count). The summed E-state index contributed by atoms with van der Waals surface area (Å²) in [5.41, 5.74) is 0.318. The lowest BCUT2D eigenvalue weighted by Gasteiger charge is -2.18. The monoisotopic (exact) mass is 285 g/mol. The number of rotatable bonds is 1. The predicted octanol–water partition coefficient (Wildman–Crippen LogP) is 2.69.